The zero-order valence-electron chi connectivity index (χ0n) is 14.4. The Labute approximate surface area is 156 Å². The molecule has 6 heteroatoms. The lowest BCUT2D eigenvalue weighted by atomic mass is 10.1. The maximum absolute atomic E-state index is 12.1. The summed E-state index contributed by atoms with van der Waals surface area (Å²) in [6.45, 7) is 2.94. The molecule has 0 spiro atoms. The van der Waals surface area contributed by atoms with Crippen molar-refractivity contribution < 1.29 is 19.1 Å². The molecule has 0 aliphatic carbocycles. The van der Waals surface area contributed by atoms with Crippen molar-refractivity contribution in [2.24, 2.45) is 0 Å². The number of Topliss-reactive ketones (excluding diaryl/α,β-unsaturated/α-hetero) is 1. The van der Waals surface area contributed by atoms with Crippen LogP contribution in [0.3, 0.4) is 0 Å². The van der Waals surface area contributed by atoms with E-state index in [2.05, 4.69) is 5.32 Å². The van der Waals surface area contributed by atoms with E-state index >= 15 is 0 Å². The summed E-state index contributed by atoms with van der Waals surface area (Å²) in [6.07, 6.45) is 1.76. The number of anilines is 1. The highest BCUT2D eigenvalue weighted by Gasteiger charge is 2.16. The van der Waals surface area contributed by atoms with Crippen LogP contribution in [0, 0.1) is 0 Å². The first-order valence-electron chi connectivity index (χ1n) is 7.92. The molecule has 0 saturated heterocycles. The Morgan fingerprint density at radius 2 is 1.73 bits per heavy atom. The molecule has 1 atom stereocenters. The van der Waals surface area contributed by atoms with Crippen molar-refractivity contribution in [3.05, 3.63) is 70.8 Å². The molecule has 2 aromatic carbocycles. The van der Waals surface area contributed by atoms with E-state index in [0.717, 1.165) is 0 Å². The molecule has 134 valence electrons. The summed E-state index contributed by atoms with van der Waals surface area (Å²) < 4.78 is 5.07. The number of ketones is 1. The normalized spacial score (nSPS) is 11.8. The van der Waals surface area contributed by atoms with Gasteiger partial charge in [0.1, 0.15) is 0 Å². The Morgan fingerprint density at radius 3 is 2.35 bits per heavy atom. The van der Waals surface area contributed by atoms with Crippen LogP contribution in [0.5, 0.6) is 0 Å². The predicted molar refractivity (Wildman–Crippen MR) is 101 cm³/mol. The third-order valence-electron chi connectivity index (χ3n) is 3.53. The molecular weight excluding hydrogens is 354 g/mol. The van der Waals surface area contributed by atoms with Gasteiger partial charge < -0.3 is 10.1 Å². The smallest absolute Gasteiger partial charge is 0.331 e. The molecule has 2 rings (SSSR count). The molecule has 0 saturated carbocycles. The fraction of sp³-hybridized carbons (Fsp3) is 0.150. The standard InChI is InChI=1S/C20H18ClNO4/c1-13(23)15-7-10-17(11-8-15)22-20(25)14(2)26-19(24)12-9-16-5-3-4-6-18(16)21/h3-12,14H,1-2H3,(H,22,25)/b12-9+/t14-/m1/s1. The average molecular weight is 372 g/mol. The van der Waals surface area contributed by atoms with Gasteiger partial charge in [-0.2, -0.15) is 0 Å². The van der Waals surface area contributed by atoms with Gasteiger partial charge in [0.2, 0.25) is 0 Å². The molecule has 0 aliphatic heterocycles. The zero-order chi connectivity index (χ0) is 19.1. The van der Waals surface area contributed by atoms with Gasteiger partial charge in [0.25, 0.3) is 5.91 Å². The molecule has 0 aliphatic rings. The Morgan fingerprint density at radius 1 is 1.08 bits per heavy atom. The van der Waals surface area contributed by atoms with Crippen LogP contribution in [0.15, 0.2) is 54.6 Å². The Hall–Kier alpha value is -2.92. The third-order valence-corrected chi connectivity index (χ3v) is 3.87. The van der Waals surface area contributed by atoms with Crippen molar-refractivity contribution in [2.75, 3.05) is 5.32 Å². The van der Waals surface area contributed by atoms with Crippen molar-refractivity contribution in [3.63, 3.8) is 0 Å². The first-order valence-corrected chi connectivity index (χ1v) is 8.29. The number of nitrogens with one attached hydrogen (secondary N) is 1. The van der Waals surface area contributed by atoms with Crippen LogP contribution in [-0.2, 0) is 14.3 Å². The van der Waals surface area contributed by atoms with Gasteiger partial charge in [-0.05, 0) is 55.8 Å². The second-order valence-electron chi connectivity index (χ2n) is 5.56. The van der Waals surface area contributed by atoms with E-state index in [1.165, 1.54) is 26.0 Å². The largest absolute Gasteiger partial charge is 0.449 e. The fourth-order valence-electron chi connectivity index (χ4n) is 2.07. The summed E-state index contributed by atoms with van der Waals surface area (Å²) in [6, 6.07) is 13.5. The van der Waals surface area contributed by atoms with Crippen LogP contribution < -0.4 is 5.32 Å². The monoisotopic (exact) mass is 371 g/mol. The molecule has 26 heavy (non-hydrogen) atoms. The molecule has 0 fully saturated rings. The number of halogens is 1. The van der Waals surface area contributed by atoms with E-state index in [-0.39, 0.29) is 5.78 Å². The third kappa shape index (κ3) is 5.57. The molecular formula is C20H18ClNO4. The molecule has 1 N–H and O–H groups in total. The number of rotatable bonds is 6. The first kappa shape index (κ1) is 19.4. The summed E-state index contributed by atoms with van der Waals surface area (Å²) in [5, 5.41) is 3.13. The van der Waals surface area contributed by atoms with Gasteiger partial charge in [0.15, 0.2) is 11.9 Å². The topological polar surface area (TPSA) is 72.5 Å². The Balaban J connectivity index is 1.90. The van der Waals surface area contributed by atoms with Crippen LogP contribution in [0.2, 0.25) is 5.02 Å². The summed E-state index contributed by atoms with van der Waals surface area (Å²) >= 11 is 6.00. The average Bonchev–Trinajstić information content (AvgIpc) is 2.61. The van der Waals surface area contributed by atoms with E-state index < -0.39 is 18.0 Å². The minimum Gasteiger partial charge on any atom is -0.449 e. The number of carbonyl (C=O) groups is 3. The molecule has 5 nitrogen and oxygen atoms in total. The lowest BCUT2D eigenvalue weighted by Crippen LogP contribution is -2.29. The number of ether oxygens (including phenoxy) is 1. The van der Waals surface area contributed by atoms with Crippen LogP contribution in [0.4, 0.5) is 5.69 Å². The number of hydrogen-bond acceptors (Lipinski definition) is 4. The highest BCUT2D eigenvalue weighted by Crippen LogP contribution is 2.16. The number of esters is 1. The van der Waals surface area contributed by atoms with Crippen LogP contribution in [-0.4, -0.2) is 23.8 Å². The fourth-order valence-corrected chi connectivity index (χ4v) is 2.27. The molecule has 0 aromatic heterocycles. The second-order valence-corrected chi connectivity index (χ2v) is 5.96. The lowest BCUT2D eigenvalue weighted by molar-refractivity contribution is -0.148. The number of hydrogen-bond donors (Lipinski definition) is 1. The Bertz CT molecular complexity index is 843. The van der Waals surface area contributed by atoms with E-state index in [4.69, 9.17) is 16.3 Å². The molecule has 0 bridgehead atoms. The number of carbonyl (C=O) groups excluding carboxylic acids is 3. The lowest BCUT2D eigenvalue weighted by Gasteiger charge is -2.12. The summed E-state index contributed by atoms with van der Waals surface area (Å²) in [5.74, 6) is -1.19. The number of benzene rings is 2. The van der Waals surface area contributed by atoms with Crippen molar-refractivity contribution >= 4 is 41.0 Å². The van der Waals surface area contributed by atoms with E-state index in [1.807, 2.05) is 0 Å². The van der Waals surface area contributed by atoms with Gasteiger partial charge in [-0.15, -0.1) is 0 Å². The van der Waals surface area contributed by atoms with Crippen molar-refractivity contribution in [1.29, 1.82) is 0 Å². The van der Waals surface area contributed by atoms with Gasteiger partial charge in [0.05, 0.1) is 0 Å². The van der Waals surface area contributed by atoms with Gasteiger partial charge in [-0.1, -0.05) is 29.8 Å². The molecule has 2 aromatic rings. The van der Waals surface area contributed by atoms with Crippen molar-refractivity contribution in [2.45, 2.75) is 20.0 Å². The predicted octanol–water partition coefficient (Wildman–Crippen LogP) is 4.13. The minimum atomic E-state index is -0.981. The van der Waals surface area contributed by atoms with E-state index in [9.17, 15) is 14.4 Å². The molecule has 0 unspecified atom stereocenters. The second kappa shape index (κ2) is 8.97. The summed E-state index contributed by atoms with van der Waals surface area (Å²) in [7, 11) is 0. The van der Waals surface area contributed by atoms with E-state index in [0.29, 0.717) is 21.8 Å². The van der Waals surface area contributed by atoms with Gasteiger partial charge >= 0.3 is 5.97 Å². The molecule has 1 amide bonds. The highest BCUT2D eigenvalue weighted by atomic mass is 35.5. The maximum atomic E-state index is 12.1. The maximum Gasteiger partial charge on any atom is 0.331 e. The SMILES string of the molecule is CC(=O)c1ccc(NC(=O)[C@@H](C)OC(=O)/C=C/c2ccccc2Cl)cc1. The van der Waals surface area contributed by atoms with Gasteiger partial charge in [-0.3, -0.25) is 9.59 Å². The summed E-state index contributed by atoms with van der Waals surface area (Å²) in [4.78, 5) is 35.2. The Kier molecular flexibility index (Phi) is 6.69. The molecule has 0 radical (unpaired) electrons. The van der Waals surface area contributed by atoms with Crippen molar-refractivity contribution in [1.82, 2.24) is 0 Å². The van der Waals surface area contributed by atoms with Crippen LogP contribution in [0.25, 0.3) is 6.08 Å². The quantitative estimate of drug-likeness (QED) is 0.471. The minimum absolute atomic E-state index is 0.0597. The van der Waals surface area contributed by atoms with Gasteiger partial charge in [0, 0.05) is 22.3 Å². The van der Waals surface area contributed by atoms with Crippen LogP contribution >= 0.6 is 11.6 Å². The molecule has 0 heterocycles. The van der Waals surface area contributed by atoms with Gasteiger partial charge in [-0.25, -0.2) is 4.79 Å². The zero-order valence-corrected chi connectivity index (χ0v) is 15.1. The van der Waals surface area contributed by atoms with Crippen molar-refractivity contribution in [3.8, 4) is 0 Å². The van der Waals surface area contributed by atoms with Crippen LogP contribution in [0.1, 0.15) is 29.8 Å². The first-order chi connectivity index (χ1) is 12.4. The summed E-state index contributed by atoms with van der Waals surface area (Å²) in [5.41, 5.74) is 1.73. The van der Waals surface area contributed by atoms with E-state index in [1.54, 1.807) is 48.5 Å². The highest BCUT2D eigenvalue weighted by molar-refractivity contribution is 6.32. The number of amides is 1.